The Labute approximate surface area is 179 Å². The first-order valence-electron chi connectivity index (χ1n) is 9.91. The van der Waals surface area contributed by atoms with Crippen molar-refractivity contribution in [1.82, 2.24) is 5.32 Å². The minimum Gasteiger partial charge on any atom is -0.449 e. The van der Waals surface area contributed by atoms with E-state index in [2.05, 4.69) is 5.32 Å². The van der Waals surface area contributed by atoms with Crippen molar-refractivity contribution in [1.29, 1.82) is 0 Å². The SMILES string of the molecule is C[C@@H](NC(=O)CN1C(=O)/C(=C\c2cccc(F)c2)Oc2ccccc21)c1ccccc1. The maximum Gasteiger partial charge on any atom is 0.294 e. The Morgan fingerprint density at radius 1 is 1.06 bits per heavy atom. The molecule has 0 unspecified atom stereocenters. The number of benzene rings is 3. The number of nitrogens with one attached hydrogen (secondary N) is 1. The van der Waals surface area contributed by atoms with Gasteiger partial charge >= 0.3 is 0 Å². The molecule has 1 heterocycles. The van der Waals surface area contributed by atoms with Gasteiger partial charge in [0, 0.05) is 0 Å². The third-order valence-electron chi connectivity index (χ3n) is 4.96. The number of hydrogen-bond acceptors (Lipinski definition) is 3. The molecule has 5 nitrogen and oxygen atoms in total. The highest BCUT2D eigenvalue weighted by molar-refractivity contribution is 6.12. The van der Waals surface area contributed by atoms with E-state index >= 15 is 0 Å². The zero-order valence-corrected chi connectivity index (χ0v) is 16.9. The second-order valence-electron chi connectivity index (χ2n) is 7.22. The number of hydrogen-bond donors (Lipinski definition) is 1. The molecular weight excluding hydrogens is 395 g/mol. The molecule has 4 rings (SSSR count). The standard InChI is InChI=1S/C25H21FN2O3/c1-17(19-9-3-2-4-10-19)27-24(29)16-28-21-12-5-6-13-22(21)31-23(25(28)30)15-18-8-7-11-20(26)14-18/h2-15,17H,16H2,1H3,(H,27,29)/b23-15+/t17-/m1/s1. The van der Waals surface area contributed by atoms with Crippen molar-refractivity contribution in [2.45, 2.75) is 13.0 Å². The summed E-state index contributed by atoms with van der Waals surface area (Å²) < 4.78 is 19.3. The van der Waals surface area contributed by atoms with Crippen LogP contribution in [0.3, 0.4) is 0 Å². The Kier molecular flexibility index (Phi) is 5.80. The van der Waals surface area contributed by atoms with E-state index in [1.807, 2.05) is 37.3 Å². The summed E-state index contributed by atoms with van der Waals surface area (Å²) in [7, 11) is 0. The van der Waals surface area contributed by atoms with E-state index in [-0.39, 0.29) is 24.3 Å². The number of fused-ring (bicyclic) bond motifs is 1. The van der Waals surface area contributed by atoms with Crippen LogP contribution in [0.5, 0.6) is 5.75 Å². The molecule has 0 aliphatic carbocycles. The Morgan fingerprint density at radius 2 is 1.81 bits per heavy atom. The number of nitrogens with zero attached hydrogens (tertiary/aromatic N) is 1. The number of anilines is 1. The highest BCUT2D eigenvalue weighted by Crippen LogP contribution is 2.35. The number of amides is 2. The van der Waals surface area contributed by atoms with Crippen molar-refractivity contribution in [3.05, 3.63) is 102 Å². The number of para-hydroxylation sites is 2. The largest absolute Gasteiger partial charge is 0.449 e. The minimum absolute atomic E-state index is 0.0215. The highest BCUT2D eigenvalue weighted by atomic mass is 19.1. The maximum absolute atomic E-state index is 13.5. The van der Waals surface area contributed by atoms with Crippen LogP contribution >= 0.6 is 0 Å². The number of carbonyl (C=O) groups excluding carboxylic acids is 2. The van der Waals surface area contributed by atoms with Gasteiger partial charge in [-0.15, -0.1) is 0 Å². The van der Waals surface area contributed by atoms with Gasteiger partial charge in [-0.05, 0) is 48.4 Å². The van der Waals surface area contributed by atoms with E-state index in [0.29, 0.717) is 17.0 Å². The van der Waals surface area contributed by atoms with Gasteiger partial charge < -0.3 is 10.1 Å². The van der Waals surface area contributed by atoms with Crippen molar-refractivity contribution in [3.63, 3.8) is 0 Å². The van der Waals surface area contributed by atoms with Gasteiger partial charge in [0.1, 0.15) is 12.4 Å². The predicted octanol–water partition coefficient (Wildman–Crippen LogP) is 4.47. The minimum atomic E-state index is -0.467. The lowest BCUT2D eigenvalue weighted by molar-refractivity contribution is -0.123. The van der Waals surface area contributed by atoms with Crippen molar-refractivity contribution in [2.24, 2.45) is 0 Å². The van der Waals surface area contributed by atoms with Gasteiger partial charge in [-0.2, -0.15) is 0 Å². The average molecular weight is 416 g/mol. The quantitative estimate of drug-likeness (QED) is 0.625. The second kappa shape index (κ2) is 8.83. The van der Waals surface area contributed by atoms with Crippen molar-refractivity contribution >= 4 is 23.6 Å². The van der Waals surface area contributed by atoms with Gasteiger partial charge in [-0.1, -0.05) is 54.6 Å². The van der Waals surface area contributed by atoms with E-state index in [4.69, 9.17) is 4.74 Å². The second-order valence-corrected chi connectivity index (χ2v) is 7.22. The summed E-state index contributed by atoms with van der Waals surface area (Å²) in [5.41, 5.74) is 1.97. The lowest BCUT2D eigenvalue weighted by Crippen LogP contribution is -2.44. The lowest BCUT2D eigenvalue weighted by atomic mass is 10.1. The molecule has 3 aromatic carbocycles. The summed E-state index contributed by atoms with van der Waals surface area (Å²) >= 11 is 0. The fourth-order valence-corrected chi connectivity index (χ4v) is 3.42. The van der Waals surface area contributed by atoms with Crippen molar-refractivity contribution < 1.29 is 18.7 Å². The first kappa shape index (κ1) is 20.3. The molecule has 0 saturated heterocycles. The van der Waals surface area contributed by atoms with Crippen LogP contribution < -0.4 is 15.0 Å². The van der Waals surface area contributed by atoms with Crippen LogP contribution in [-0.4, -0.2) is 18.4 Å². The van der Waals surface area contributed by atoms with Gasteiger partial charge in [0.25, 0.3) is 5.91 Å². The summed E-state index contributed by atoms with van der Waals surface area (Å²) in [6, 6.07) is 22.2. The molecule has 0 aromatic heterocycles. The molecule has 1 N–H and O–H groups in total. The van der Waals surface area contributed by atoms with Gasteiger partial charge in [-0.3, -0.25) is 14.5 Å². The molecule has 3 aromatic rings. The summed E-state index contributed by atoms with van der Waals surface area (Å²) in [6.45, 7) is 1.72. The van der Waals surface area contributed by atoms with E-state index in [9.17, 15) is 14.0 Å². The fraction of sp³-hybridized carbons (Fsp3) is 0.120. The van der Waals surface area contributed by atoms with Crippen LogP contribution in [0.25, 0.3) is 6.08 Å². The van der Waals surface area contributed by atoms with E-state index in [1.54, 1.807) is 36.4 Å². The molecule has 156 valence electrons. The number of rotatable bonds is 5. The molecule has 6 heteroatoms. The maximum atomic E-state index is 13.5. The van der Waals surface area contributed by atoms with Gasteiger partial charge in [0.2, 0.25) is 5.91 Å². The summed E-state index contributed by atoms with van der Waals surface area (Å²) in [6.07, 6.45) is 1.47. The fourth-order valence-electron chi connectivity index (χ4n) is 3.42. The monoisotopic (exact) mass is 416 g/mol. The number of ether oxygens (including phenoxy) is 1. The molecule has 1 aliphatic heterocycles. The number of carbonyl (C=O) groups is 2. The molecule has 0 radical (unpaired) electrons. The van der Waals surface area contributed by atoms with E-state index in [0.717, 1.165) is 5.56 Å². The van der Waals surface area contributed by atoms with E-state index < -0.39 is 11.7 Å². The first-order chi connectivity index (χ1) is 15.0. The lowest BCUT2D eigenvalue weighted by Gasteiger charge is -2.30. The molecule has 1 atom stereocenters. The smallest absolute Gasteiger partial charge is 0.294 e. The Morgan fingerprint density at radius 3 is 2.58 bits per heavy atom. The summed E-state index contributed by atoms with van der Waals surface area (Å²) in [5, 5.41) is 2.92. The number of halogens is 1. The summed E-state index contributed by atoms with van der Waals surface area (Å²) in [5.74, 6) is -0.706. The molecule has 0 fully saturated rings. The molecular formula is C25H21FN2O3. The van der Waals surface area contributed by atoms with Crippen LogP contribution in [0.1, 0.15) is 24.1 Å². The van der Waals surface area contributed by atoms with Gasteiger partial charge in [0.05, 0.1) is 11.7 Å². The van der Waals surface area contributed by atoms with Crippen LogP contribution in [0.15, 0.2) is 84.6 Å². The van der Waals surface area contributed by atoms with Crippen molar-refractivity contribution in [3.8, 4) is 5.75 Å². The normalized spacial score (nSPS) is 15.2. The zero-order chi connectivity index (χ0) is 21.8. The van der Waals surface area contributed by atoms with Gasteiger partial charge in [-0.25, -0.2) is 4.39 Å². The topological polar surface area (TPSA) is 58.6 Å². The van der Waals surface area contributed by atoms with Crippen LogP contribution in [-0.2, 0) is 9.59 Å². The van der Waals surface area contributed by atoms with Gasteiger partial charge in [0.15, 0.2) is 11.5 Å². The Hall–Kier alpha value is -3.93. The average Bonchev–Trinajstić information content (AvgIpc) is 2.77. The zero-order valence-electron chi connectivity index (χ0n) is 16.9. The predicted molar refractivity (Wildman–Crippen MR) is 117 cm³/mol. The Bertz CT molecular complexity index is 1140. The van der Waals surface area contributed by atoms with Crippen LogP contribution in [0.2, 0.25) is 0 Å². The summed E-state index contributed by atoms with van der Waals surface area (Å²) in [4.78, 5) is 27.2. The molecule has 2 amide bonds. The molecule has 0 saturated carbocycles. The molecule has 31 heavy (non-hydrogen) atoms. The highest BCUT2D eigenvalue weighted by Gasteiger charge is 2.31. The molecule has 0 spiro atoms. The third-order valence-corrected chi connectivity index (χ3v) is 4.96. The van der Waals surface area contributed by atoms with E-state index in [1.165, 1.54) is 23.1 Å². The third kappa shape index (κ3) is 4.64. The molecule has 1 aliphatic rings. The Balaban J connectivity index is 1.58. The first-order valence-corrected chi connectivity index (χ1v) is 9.91. The van der Waals surface area contributed by atoms with Crippen LogP contribution in [0, 0.1) is 5.82 Å². The van der Waals surface area contributed by atoms with Crippen molar-refractivity contribution in [2.75, 3.05) is 11.4 Å². The van der Waals surface area contributed by atoms with Crippen LogP contribution in [0.4, 0.5) is 10.1 Å². The molecule has 0 bridgehead atoms.